The van der Waals surface area contributed by atoms with Crippen molar-refractivity contribution in [3.8, 4) is 11.1 Å². The van der Waals surface area contributed by atoms with Gasteiger partial charge in [-0.05, 0) is 41.5 Å². The van der Waals surface area contributed by atoms with Gasteiger partial charge in [0.1, 0.15) is 12.6 Å². The van der Waals surface area contributed by atoms with Gasteiger partial charge in [-0.3, -0.25) is 4.79 Å². The van der Waals surface area contributed by atoms with Crippen LogP contribution in [0.15, 0.2) is 48.5 Å². The molecule has 0 radical (unpaired) electrons. The molecule has 1 aliphatic carbocycles. The fraction of sp³-hybridized carbons (Fsp3) is 0.400. The van der Waals surface area contributed by atoms with Crippen LogP contribution in [-0.4, -0.2) is 41.8 Å². The molecule has 2 aromatic rings. The van der Waals surface area contributed by atoms with Crippen molar-refractivity contribution < 1.29 is 24.2 Å². The fourth-order valence-corrected chi connectivity index (χ4v) is 4.02. The van der Waals surface area contributed by atoms with E-state index in [1.807, 2.05) is 24.3 Å². The number of ether oxygens (including phenoxy) is 1. The fourth-order valence-electron chi connectivity index (χ4n) is 4.02. The number of carbonyl (C=O) groups excluding carboxylic acids is 2. The van der Waals surface area contributed by atoms with E-state index in [-0.39, 0.29) is 36.8 Å². The van der Waals surface area contributed by atoms with Crippen LogP contribution >= 0.6 is 0 Å². The summed E-state index contributed by atoms with van der Waals surface area (Å²) in [6.07, 6.45) is -0.0488. The summed E-state index contributed by atoms with van der Waals surface area (Å²) in [5.74, 6) is -1.64. The summed E-state index contributed by atoms with van der Waals surface area (Å²) in [7, 11) is 0. The number of benzene rings is 2. The molecule has 0 aromatic heterocycles. The average molecular weight is 439 g/mol. The Hall–Kier alpha value is -3.35. The number of nitrogens with one attached hydrogen (secondary N) is 2. The number of hydrogen-bond donors (Lipinski definition) is 3. The molecule has 3 N–H and O–H groups in total. The Morgan fingerprint density at radius 3 is 2.03 bits per heavy atom. The second kappa shape index (κ2) is 10.3. The third-order valence-electron chi connectivity index (χ3n) is 5.76. The molecule has 0 saturated heterocycles. The minimum Gasteiger partial charge on any atom is -0.480 e. The standard InChI is InChI=1S/C25H30N2O5/c1-15(2)23(24(29)30)27-22(28)13-12-16(3)26-25(31)32-14-21-19-10-6-4-8-17(19)18-9-5-7-11-20(18)21/h4-11,15-16,21,23H,12-14H2,1-3H3,(H,26,31)(H,27,28)(H,29,30)/t16?,23-/m0/s1. The van der Waals surface area contributed by atoms with Crippen LogP contribution in [0.4, 0.5) is 4.79 Å². The van der Waals surface area contributed by atoms with E-state index >= 15 is 0 Å². The predicted molar refractivity (Wildman–Crippen MR) is 121 cm³/mol. The third-order valence-corrected chi connectivity index (χ3v) is 5.76. The van der Waals surface area contributed by atoms with E-state index in [1.54, 1.807) is 20.8 Å². The van der Waals surface area contributed by atoms with Crippen LogP contribution in [0, 0.1) is 5.92 Å². The van der Waals surface area contributed by atoms with E-state index in [2.05, 4.69) is 34.9 Å². The van der Waals surface area contributed by atoms with E-state index in [1.165, 1.54) is 0 Å². The maximum atomic E-state index is 12.3. The maximum Gasteiger partial charge on any atom is 0.407 e. The van der Waals surface area contributed by atoms with Gasteiger partial charge in [0.25, 0.3) is 0 Å². The molecular formula is C25H30N2O5. The first-order valence-corrected chi connectivity index (χ1v) is 10.9. The Morgan fingerprint density at radius 2 is 1.50 bits per heavy atom. The summed E-state index contributed by atoms with van der Waals surface area (Å²) in [4.78, 5) is 35.6. The van der Waals surface area contributed by atoms with Crippen molar-refractivity contribution >= 4 is 18.0 Å². The highest BCUT2D eigenvalue weighted by Gasteiger charge is 2.29. The molecule has 0 aliphatic heterocycles. The smallest absolute Gasteiger partial charge is 0.407 e. The minimum absolute atomic E-state index is 0.0155. The molecule has 2 atom stereocenters. The molecule has 0 fully saturated rings. The third kappa shape index (κ3) is 5.46. The van der Waals surface area contributed by atoms with Crippen LogP contribution in [0.1, 0.15) is 50.7 Å². The quantitative estimate of drug-likeness (QED) is 0.550. The van der Waals surface area contributed by atoms with Gasteiger partial charge < -0.3 is 20.5 Å². The van der Waals surface area contributed by atoms with Crippen molar-refractivity contribution in [2.24, 2.45) is 5.92 Å². The zero-order valence-electron chi connectivity index (χ0n) is 18.6. The van der Waals surface area contributed by atoms with Gasteiger partial charge in [-0.1, -0.05) is 62.4 Å². The number of carboxylic acids is 1. The van der Waals surface area contributed by atoms with Gasteiger partial charge in [-0.25, -0.2) is 9.59 Å². The molecule has 0 bridgehead atoms. The maximum absolute atomic E-state index is 12.3. The highest BCUT2D eigenvalue weighted by Crippen LogP contribution is 2.44. The second-order valence-electron chi connectivity index (χ2n) is 8.54. The van der Waals surface area contributed by atoms with E-state index < -0.39 is 18.1 Å². The molecule has 32 heavy (non-hydrogen) atoms. The first kappa shape index (κ1) is 23.3. The highest BCUT2D eigenvalue weighted by atomic mass is 16.5. The van der Waals surface area contributed by atoms with Crippen LogP contribution < -0.4 is 10.6 Å². The Morgan fingerprint density at radius 1 is 0.938 bits per heavy atom. The van der Waals surface area contributed by atoms with E-state index in [0.717, 1.165) is 22.3 Å². The lowest BCUT2D eigenvalue weighted by molar-refractivity contribution is -0.143. The number of rotatable bonds is 9. The molecule has 0 heterocycles. The monoisotopic (exact) mass is 438 g/mol. The number of aliphatic carboxylic acids is 1. The Labute approximate surface area is 188 Å². The molecular weight excluding hydrogens is 408 g/mol. The van der Waals surface area contributed by atoms with Crippen LogP contribution in [0.2, 0.25) is 0 Å². The van der Waals surface area contributed by atoms with Crippen molar-refractivity contribution in [3.05, 3.63) is 59.7 Å². The summed E-state index contributed by atoms with van der Waals surface area (Å²) >= 11 is 0. The van der Waals surface area contributed by atoms with Crippen molar-refractivity contribution in [1.29, 1.82) is 0 Å². The molecule has 0 saturated carbocycles. The summed E-state index contributed by atoms with van der Waals surface area (Å²) in [5.41, 5.74) is 4.61. The zero-order chi connectivity index (χ0) is 23.3. The lowest BCUT2D eigenvalue weighted by Gasteiger charge is -2.19. The van der Waals surface area contributed by atoms with Crippen molar-refractivity contribution in [1.82, 2.24) is 10.6 Å². The molecule has 3 rings (SSSR count). The molecule has 1 unspecified atom stereocenters. The predicted octanol–water partition coefficient (Wildman–Crippen LogP) is 3.92. The van der Waals surface area contributed by atoms with Crippen molar-refractivity contribution in [3.63, 3.8) is 0 Å². The summed E-state index contributed by atoms with van der Waals surface area (Å²) in [5, 5.41) is 14.4. The van der Waals surface area contributed by atoms with Crippen LogP contribution in [0.5, 0.6) is 0 Å². The number of fused-ring (bicyclic) bond motifs is 3. The average Bonchev–Trinajstić information content (AvgIpc) is 3.08. The molecule has 7 heteroatoms. The summed E-state index contributed by atoms with van der Waals surface area (Å²) in [6, 6.07) is 15.0. The van der Waals surface area contributed by atoms with Crippen molar-refractivity contribution in [2.45, 2.75) is 51.6 Å². The van der Waals surface area contributed by atoms with Crippen LogP contribution in [0.3, 0.4) is 0 Å². The minimum atomic E-state index is -1.06. The normalized spacial score (nSPS) is 14.2. The molecule has 170 valence electrons. The Kier molecular flexibility index (Phi) is 7.51. The summed E-state index contributed by atoms with van der Waals surface area (Å²) < 4.78 is 5.52. The van der Waals surface area contributed by atoms with Gasteiger partial charge in [0.2, 0.25) is 5.91 Å². The van der Waals surface area contributed by atoms with E-state index in [0.29, 0.717) is 6.42 Å². The van der Waals surface area contributed by atoms with Crippen molar-refractivity contribution in [2.75, 3.05) is 6.61 Å². The second-order valence-corrected chi connectivity index (χ2v) is 8.54. The lowest BCUT2D eigenvalue weighted by atomic mass is 9.98. The van der Waals surface area contributed by atoms with Crippen LogP contribution in [0.25, 0.3) is 11.1 Å². The number of carbonyl (C=O) groups is 3. The number of hydrogen-bond acceptors (Lipinski definition) is 4. The molecule has 2 aromatic carbocycles. The van der Waals surface area contributed by atoms with Gasteiger partial charge in [0, 0.05) is 18.4 Å². The van der Waals surface area contributed by atoms with E-state index in [9.17, 15) is 19.5 Å². The molecule has 7 nitrogen and oxygen atoms in total. The Balaban J connectivity index is 1.48. The highest BCUT2D eigenvalue weighted by molar-refractivity contribution is 5.83. The van der Waals surface area contributed by atoms with Gasteiger partial charge >= 0.3 is 12.1 Å². The number of carboxylic acid groups (broad SMARTS) is 1. The van der Waals surface area contributed by atoms with Crippen LogP contribution in [-0.2, 0) is 14.3 Å². The SMILES string of the molecule is CC(CCC(=O)N[C@H](C(=O)O)C(C)C)NC(=O)OCC1c2ccccc2-c2ccccc21. The first-order chi connectivity index (χ1) is 15.3. The van der Waals surface area contributed by atoms with Gasteiger partial charge in [-0.2, -0.15) is 0 Å². The number of amides is 2. The summed E-state index contributed by atoms with van der Waals surface area (Å²) in [6.45, 7) is 5.48. The Bertz CT molecular complexity index is 942. The number of alkyl carbamates (subject to hydrolysis) is 1. The molecule has 1 aliphatic rings. The van der Waals surface area contributed by atoms with Gasteiger partial charge in [0.05, 0.1) is 0 Å². The zero-order valence-corrected chi connectivity index (χ0v) is 18.6. The molecule has 2 amide bonds. The largest absolute Gasteiger partial charge is 0.480 e. The van der Waals surface area contributed by atoms with Gasteiger partial charge in [0.15, 0.2) is 0 Å². The topological polar surface area (TPSA) is 105 Å². The molecule has 0 spiro atoms. The first-order valence-electron chi connectivity index (χ1n) is 10.9. The van der Waals surface area contributed by atoms with E-state index in [4.69, 9.17) is 4.74 Å². The lowest BCUT2D eigenvalue weighted by Crippen LogP contribution is -2.44. The van der Waals surface area contributed by atoms with Gasteiger partial charge in [-0.15, -0.1) is 0 Å².